The highest BCUT2D eigenvalue weighted by molar-refractivity contribution is 7.21. The van der Waals surface area contributed by atoms with Crippen LogP contribution < -0.4 is 4.74 Å². The van der Waals surface area contributed by atoms with Crippen LogP contribution in [0.5, 0.6) is 5.75 Å². The van der Waals surface area contributed by atoms with Crippen molar-refractivity contribution in [1.29, 1.82) is 0 Å². The summed E-state index contributed by atoms with van der Waals surface area (Å²) in [4.78, 5) is 16.0. The highest BCUT2D eigenvalue weighted by atomic mass is 32.1. The second kappa shape index (κ2) is 5.61. The number of methoxy groups -OCH3 is 1. The number of aryl methyl sites for hydroxylation is 1. The first-order valence-corrected chi connectivity index (χ1v) is 8.27. The van der Waals surface area contributed by atoms with E-state index < -0.39 is 0 Å². The summed E-state index contributed by atoms with van der Waals surface area (Å²) in [6.45, 7) is 4.11. The SMILES string of the molecule is COC(=O)C(C)COc1cc2sc(C)nc2c2sccc12. The van der Waals surface area contributed by atoms with Crippen molar-refractivity contribution in [3.63, 3.8) is 0 Å². The Kier molecular flexibility index (Phi) is 3.82. The van der Waals surface area contributed by atoms with Crippen molar-refractivity contribution in [3.8, 4) is 5.75 Å². The number of benzene rings is 1. The van der Waals surface area contributed by atoms with Crippen molar-refractivity contribution in [3.05, 3.63) is 22.5 Å². The van der Waals surface area contributed by atoms with Crippen molar-refractivity contribution < 1.29 is 14.3 Å². The van der Waals surface area contributed by atoms with Crippen LogP contribution >= 0.6 is 22.7 Å². The first-order chi connectivity index (χ1) is 10.1. The van der Waals surface area contributed by atoms with E-state index in [1.807, 2.05) is 24.4 Å². The summed E-state index contributed by atoms with van der Waals surface area (Å²) in [6.07, 6.45) is 0. The van der Waals surface area contributed by atoms with Gasteiger partial charge in [0.2, 0.25) is 0 Å². The fourth-order valence-corrected chi connectivity index (χ4v) is 4.02. The number of esters is 1. The van der Waals surface area contributed by atoms with Crippen LogP contribution in [0.4, 0.5) is 0 Å². The number of hydrogen-bond donors (Lipinski definition) is 0. The normalized spacial score (nSPS) is 12.7. The second-order valence-corrected chi connectivity index (χ2v) is 7.00. The van der Waals surface area contributed by atoms with Crippen LogP contribution in [0.25, 0.3) is 20.3 Å². The Labute approximate surface area is 130 Å². The molecule has 1 unspecified atom stereocenters. The molecule has 1 aromatic carbocycles. The van der Waals surface area contributed by atoms with Gasteiger partial charge in [0.1, 0.15) is 12.4 Å². The summed E-state index contributed by atoms with van der Waals surface area (Å²) in [5.41, 5.74) is 1.04. The van der Waals surface area contributed by atoms with E-state index in [0.717, 1.165) is 31.1 Å². The summed E-state index contributed by atoms with van der Waals surface area (Å²) in [5.74, 6) is 0.256. The molecule has 21 heavy (non-hydrogen) atoms. The highest BCUT2D eigenvalue weighted by Gasteiger charge is 2.16. The Morgan fingerprint density at radius 1 is 1.48 bits per heavy atom. The molecule has 3 rings (SSSR count). The zero-order chi connectivity index (χ0) is 15.0. The molecule has 4 nitrogen and oxygen atoms in total. The Morgan fingerprint density at radius 2 is 2.29 bits per heavy atom. The number of fused-ring (bicyclic) bond motifs is 3. The number of thiophene rings is 1. The van der Waals surface area contributed by atoms with Gasteiger partial charge in [0.25, 0.3) is 0 Å². The van der Waals surface area contributed by atoms with Gasteiger partial charge in [-0.1, -0.05) is 0 Å². The van der Waals surface area contributed by atoms with Crippen LogP contribution in [0, 0.1) is 12.8 Å². The van der Waals surface area contributed by atoms with E-state index >= 15 is 0 Å². The average molecular weight is 321 g/mol. The molecule has 0 amide bonds. The molecule has 0 N–H and O–H groups in total. The van der Waals surface area contributed by atoms with Crippen molar-refractivity contribution in [2.24, 2.45) is 5.92 Å². The van der Waals surface area contributed by atoms with Crippen molar-refractivity contribution >= 4 is 48.9 Å². The van der Waals surface area contributed by atoms with Crippen LogP contribution in [-0.2, 0) is 9.53 Å². The zero-order valence-corrected chi connectivity index (χ0v) is 13.6. The molecule has 0 aliphatic heterocycles. The number of carbonyl (C=O) groups excluding carboxylic acids is 1. The molecule has 2 heterocycles. The van der Waals surface area contributed by atoms with E-state index in [1.54, 1.807) is 29.6 Å². The Balaban J connectivity index is 1.97. The molecule has 0 aliphatic carbocycles. The van der Waals surface area contributed by atoms with Gasteiger partial charge in [-0.2, -0.15) is 0 Å². The van der Waals surface area contributed by atoms with E-state index in [-0.39, 0.29) is 11.9 Å². The largest absolute Gasteiger partial charge is 0.492 e. The van der Waals surface area contributed by atoms with Gasteiger partial charge < -0.3 is 9.47 Å². The number of aromatic nitrogens is 1. The third-order valence-corrected chi connectivity index (χ3v) is 5.10. The fourth-order valence-electron chi connectivity index (χ4n) is 2.19. The predicted molar refractivity (Wildman–Crippen MR) is 86.4 cm³/mol. The van der Waals surface area contributed by atoms with Crippen LogP contribution in [0.3, 0.4) is 0 Å². The lowest BCUT2D eigenvalue weighted by atomic mass is 10.2. The smallest absolute Gasteiger partial charge is 0.311 e. The van der Waals surface area contributed by atoms with Gasteiger partial charge in [-0.25, -0.2) is 4.98 Å². The Morgan fingerprint density at radius 3 is 3.05 bits per heavy atom. The molecule has 0 bridgehead atoms. The summed E-state index contributed by atoms with van der Waals surface area (Å²) < 4.78 is 12.8. The predicted octanol–water partition coefficient (Wildman–Crippen LogP) is 4.01. The van der Waals surface area contributed by atoms with E-state index in [4.69, 9.17) is 9.47 Å². The monoisotopic (exact) mass is 321 g/mol. The minimum absolute atomic E-state index is 0.258. The average Bonchev–Trinajstić information content (AvgIpc) is 3.08. The summed E-state index contributed by atoms with van der Waals surface area (Å²) in [6, 6.07) is 4.05. The van der Waals surface area contributed by atoms with Gasteiger partial charge in [0, 0.05) is 11.5 Å². The molecule has 110 valence electrons. The van der Waals surface area contributed by atoms with Crippen LogP contribution in [-0.4, -0.2) is 24.7 Å². The molecule has 0 fully saturated rings. The molecular formula is C15H15NO3S2. The van der Waals surface area contributed by atoms with Crippen LogP contribution in [0.2, 0.25) is 0 Å². The molecule has 1 atom stereocenters. The number of carbonyl (C=O) groups is 1. The topological polar surface area (TPSA) is 48.4 Å². The lowest BCUT2D eigenvalue weighted by molar-refractivity contribution is -0.145. The van der Waals surface area contributed by atoms with Gasteiger partial charge in [0.15, 0.2) is 0 Å². The minimum Gasteiger partial charge on any atom is -0.492 e. The minimum atomic E-state index is -0.289. The third-order valence-electron chi connectivity index (χ3n) is 3.26. The van der Waals surface area contributed by atoms with E-state index in [0.29, 0.717) is 6.61 Å². The molecule has 0 saturated heterocycles. The highest BCUT2D eigenvalue weighted by Crippen LogP contribution is 2.38. The lowest BCUT2D eigenvalue weighted by Gasteiger charge is -2.12. The first-order valence-electron chi connectivity index (χ1n) is 6.58. The van der Waals surface area contributed by atoms with Crippen molar-refractivity contribution in [2.45, 2.75) is 13.8 Å². The van der Waals surface area contributed by atoms with E-state index in [1.165, 1.54) is 7.11 Å². The second-order valence-electron chi connectivity index (χ2n) is 4.85. The zero-order valence-electron chi connectivity index (χ0n) is 12.0. The fraction of sp³-hybridized carbons (Fsp3) is 0.333. The molecule has 3 aromatic rings. The van der Waals surface area contributed by atoms with Gasteiger partial charge in [-0.15, -0.1) is 22.7 Å². The molecule has 0 radical (unpaired) electrons. The van der Waals surface area contributed by atoms with Gasteiger partial charge in [0.05, 0.1) is 33.0 Å². The number of thiazole rings is 1. The van der Waals surface area contributed by atoms with Crippen LogP contribution in [0.15, 0.2) is 17.5 Å². The molecule has 0 spiro atoms. The number of hydrogen-bond acceptors (Lipinski definition) is 6. The quantitative estimate of drug-likeness (QED) is 0.681. The molecule has 2 aromatic heterocycles. The van der Waals surface area contributed by atoms with Crippen molar-refractivity contribution in [2.75, 3.05) is 13.7 Å². The summed E-state index contributed by atoms with van der Waals surface area (Å²) in [5, 5.41) is 4.13. The van der Waals surface area contributed by atoms with Crippen LogP contribution in [0.1, 0.15) is 11.9 Å². The van der Waals surface area contributed by atoms with E-state index in [9.17, 15) is 4.79 Å². The maximum absolute atomic E-state index is 11.5. The van der Waals surface area contributed by atoms with E-state index in [2.05, 4.69) is 4.98 Å². The maximum Gasteiger partial charge on any atom is 0.311 e. The third kappa shape index (κ3) is 2.61. The van der Waals surface area contributed by atoms with Crippen molar-refractivity contribution in [1.82, 2.24) is 4.98 Å². The molecule has 6 heteroatoms. The number of nitrogens with zero attached hydrogens (tertiary/aromatic N) is 1. The molecule has 0 aliphatic rings. The van der Waals surface area contributed by atoms with Gasteiger partial charge in [-0.3, -0.25) is 4.79 Å². The number of ether oxygens (including phenoxy) is 2. The Bertz CT molecular complexity index is 806. The summed E-state index contributed by atoms with van der Waals surface area (Å²) in [7, 11) is 1.39. The first kappa shape index (κ1) is 14.3. The maximum atomic E-state index is 11.5. The Hall–Kier alpha value is -1.66. The number of rotatable bonds is 4. The molecule has 0 saturated carbocycles. The standard InChI is InChI=1S/C15H15NO3S2/c1-8(15(17)18-3)7-19-11-6-12-13(16-9(2)21-12)14-10(11)4-5-20-14/h4-6,8H,7H2,1-3H3. The summed E-state index contributed by atoms with van der Waals surface area (Å²) >= 11 is 3.32. The molecular weight excluding hydrogens is 306 g/mol. The van der Waals surface area contributed by atoms with Gasteiger partial charge in [-0.05, 0) is 25.3 Å². The lowest BCUT2D eigenvalue weighted by Crippen LogP contribution is -2.20. The van der Waals surface area contributed by atoms with Gasteiger partial charge >= 0.3 is 5.97 Å².